The fourth-order valence-corrected chi connectivity index (χ4v) is 2.98. The van der Waals surface area contributed by atoms with E-state index in [0.29, 0.717) is 27.1 Å². The summed E-state index contributed by atoms with van der Waals surface area (Å²) in [5.74, 6) is 0. The third kappa shape index (κ3) is 3.87. The van der Waals surface area contributed by atoms with Crippen LogP contribution < -0.4 is 0 Å². The highest BCUT2D eigenvalue weighted by molar-refractivity contribution is 9.10. The second-order valence-electron chi connectivity index (χ2n) is 4.12. The van der Waals surface area contributed by atoms with Crippen molar-refractivity contribution in [1.82, 2.24) is 0 Å². The maximum Gasteiger partial charge on any atom is 0.0845 e. The molecule has 0 aliphatic rings. The first-order valence-electron chi connectivity index (χ1n) is 5.54. The second kappa shape index (κ2) is 6.47. The van der Waals surface area contributed by atoms with E-state index < -0.39 is 6.10 Å². The van der Waals surface area contributed by atoms with E-state index in [0.717, 1.165) is 10.0 Å². The fourth-order valence-electron chi connectivity index (χ4n) is 1.79. The molecule has 0 bridgehead atoms. The Bertz CT molecular complexity index is 601. The highest BCUT2D eigenvalue weighted by Crippen LogP contribution is 2.31. The zero-order chi connectivity index (χ0) is 14.0. The number of hydrogen-bond donors (Lipinski definition) is 1. The standard InChI is InChI=1S/C14H10BrCl3O/c15-9-1-3-11(13(18)7-9)14(19)6-8-5-10(16)2-4-12(8)17/h1-5,7,14,19H,6H2. The Morgan fingerprint density at radius 3 is 2.42 bits per heavy atom. The molecule has 0 saturated carbocycles. The smallest absolute Gasteiger partial charge is 0.0845 e. The third-order valence-electron chi connectivity index (χ3n) is 2.74. The molecule has 0 fully saturated rings. The summed E-state index contributed by atoms with van der Waals surface area (Å²) in [7, 11) is 0. The molecule has 0 aromatic heterocycles. The van der Waals surface area contributed by atoms with Crippen molar-refractivity contribution in [3.63, 3.8) is 0 Å². The molecule has 0 aliphatic heterocycles. The summed E-state index contributed by atoms with van der Waals surface area (Å²) in [5.41, 5.74) is 1.46. The Hall–Kier alpha value is -0.250. The van der Waals surface area contributed by atoms with Crippen LogP contribution in [0.1, 0.15) is 17.2 Å². The van der Waals surface area contributed by atoms with Gasteiger partial charge in [-0.15, -0.1) is 0 Å². The van der Waals surface area contributed by atoms with Gasteiger partial charge in [0.1, 0.15) is 0 Å². The normalized spacial score (nSPS) is 12.5. The minimum absolute atomic E-state index is 0.362. The lowest BCUT2D eigenvalue weighted by Crippen LogP contribution is -2.03. The molecule has 1 atom stereocenters. The topological polar surface area (TPSA) is 20.2 Å². The van der Waals surface area contributed by atoms with Crippen molar-refractivity contribution < 1.29 is 5.11 Å². The Morgan fingerprint density at radius 2 is 1.74 bits per heavy atom. The van der Waals surface area contributed by atoms with Crippen LogP contribution in [-0.2, 0) is 6.42 Å². The molecule has 0 saturated heterocycles. The maximum atomic E-state index is 10.3. The molecule has 2 aromatic carbocycles. The molecule has 19 heavy (non-hydrogen) atoms. The zero-order valence-corrected chi connectivity index (χ0v) is 13.6. The summed E-state index contributed by atoms with van der Waals surface area (Å²) < 4.78 is 0.870. The minimum atomic E-state index is -0.725. The van der Waals surface area contributed by atoms with Gasteiger partial charge in [-0.05, 0) is 41.5 Å². The van der Waals surface area contributed by atoms with Gasteiger partial charge in [-0.25, -0.2) is 0 Å². The predicted molar refractivity (Wildman–Crippen MR) is 84.3 cm³/mol. The molecule has 2 rings (SSSR count). The molecule has 0 spiro atoms. The van der Waals surface area contributed by atoms with E-state index in [9.17, 15) is 5.11 Å². The first-order valence-corrected chi connectivity index (χ1v) is 7.47. The van der Waals surface area contributed by atoms with Crippen molar-refractivity contribution in [2.24, 2.45) is 0 Å². The highest BCUT2D eigenvalue weighted by atomic mass is 79.9. The monoisotopic (exact) mass is 378 g/mol. The van der Waals surface area contributed by atoms with Gasteiger partial charge in [-0.2, -0.15) is 0 Å². The van der Waals surface area contributed by atoms with Gasteiger partial charge < -0.3 is 5.11 Å². The van der Waals surface area contributed by atoms with E-state index >= 15 is 0 Å². The number of halogens is 4. The van der Waals surface area contributed by atoms with Gasteiger partial charge in [0.2, 0.25) is 0 Å². The highest BCUT2D eigenvalue weighted by Gasteiger charge is 2.14. The van der Waals surface area contributed by atoms with Crippen molar-refractivity contribution >= 4 is 50.7 Å². The van der Waals surface area contributed by atoms with E-state index in [4.69, 9.17) is 34.8 Å². The molecule has 1 unspecified atom stereocenters. The molecule has 1 N–H and O–H groups in total. The van der Waals surface area contributed by atoms with Crippen LogP contribution >= 0.6 is 50.7 Å². The van der Waals surface area contributed by atoms with Gasteiger partial charge in [-0.3, -0.25) is 0 Å². The Morgan fingerprint density at radius 1 is 1.00 bits per heavy atom. The lowest BCUT2D eigenvalue weighted by molar-refractivity contribution is 0.178. The summed E-state index contributed by atoms with van der Waals surface area (Å²) in [5, 5.41) is 11.9. The molecular formula is C14H10BrCl3O. The van der Waals surface area contributed by atoms with Crippen molar-refractivity contribution in [3.05, 3.63) is 67.1 Å². The van der Waals surface area contributed by atoms with E-state index in [1.165, 1.54) is 0 Å². The summed E-state index contributed by atoms with van der Waals surface area (Å²) in [6.45, 7) is 0. The molecule has 5 heteroatoms. The third-order valence-corrected chi connectivity index (χ3v) is 4.17. The molecule has 100 valence electrons. The summed E-state index contributed by atoms with van der Waals surface area (Å²) in [6.07, 6.45) is -0.364. The maximum absolute atomic E-state index is 10.3. The van der Waals surface area contributed by atoms with E-state index in [1.807, 2.05) is 6.07 Å². The van der Waals surface area contributed by atoms with Crippen LogP contribution in [0.25, 0.3) is 0 Å². The Labute approximate surface area is 135 Å². The fraction of sp³-hybridized carbons (Fsp3) is 0.143. The summed E-state index contributed by atoms with van der Waals surface area (Å²) in [4.78, 5) is 0. The summed E-state index contributed by atoms with van der Waals surface area (Å²) in [6, 6.07) is 10.6. The van der Waals surface area contributed by atoms with Crippen LogP contribution in [0, 0.1) is 0 Å². The van der Waals surface area contributed by atoms with Crippen LogP contribution in [0.2, 0.25) is 15.1 Å². The zero-order valence-electron chi connectivity index (χ0n) is 9.71. The molecular weight excluding hydrogens is 370 g/mol. The lowest BCUT2D eigenvalue weighted by Gasteiger charge is -2.14. The van der Waals surface area contributed by atoms with Crippen LogP contribution in [0.15, 0.2) is 40.9 Å². The van der Waals surface area contributed by atoms with Crippen molar-refractivity contribution in [1.29, 1.82) is 0 Å². The van der Waals surface area contributed by atoms with Gasteiger partial charge in [-0.1, -0.05) is 56.8 Å². The van der Waals surface area contributed by atoms with Gasteiger partial charge in [0.15, 0.2) is 0 Å². The van der Waals surface area contributed by atoms with Gasteiger partial charge in [0, 0.05) is 26.0 Å². The van der Waals surface area contributed by atoms with Gasteiger partial charge >= 0.3 is 0 Å². The first-order chi connectivity index (χ1) is 8.97. The van der Waals surface area contributed by atoms with Gasteiger partial charge in [0.25, 0.3) is 0 Å². The van der Waals surface area contributed by atoms with E-state index in [2.05, 4.69) is 15.9 Å². The molecule has 2 aromatic rings. The Kier molecular flexibility index (Phi) is 5.15. The average molecular weight is 380 g/mol. The van der Waals surface area contributed by atoms with Crippen LogP contribution in [0.4, 0.5) is 0 Å². The number of aliphatic hydroxyl groups excluding tert-OH is 1. The van der Waals surface area contributed by atoms with Crippen LogP contribution in [-0.4, -0.2) is 5.11 Å². The van der Waals surface area contributed by atoms with Crippen molar-refractivity contribution in [2.75, 3.05) is 0 Å². The predicted octanol–water partition coefficient (Wildman–Crippen LogP) is 5.69. The number of hydrogen-bond acceptors (Lipinski definition) is 1. The number of benzene rings is 2. The molecule has 0 heterocycles. The number of aliphatic hydroxyl groups is 1. The van der Waals surface area contributed by atoms with E-state index in [-0.39, 0.29) is 0 Å². The lowest BCUT2D eigenvalue weighted by atomic mass is 10.0. The Balaban J connectivity index is 2.25. The first kappa shape index (κ1) is 15.1. The second-order valence-corrected chi connectivity index (χ2v) is 6.29. The minimum Gasteiger partial charge on any atom is -0.388 e. The molecule has 0 aliphatic carbocycles. The van der Waals surface area contributed by atoms with Crippen molar-refractivity contribution in [3.8, 4) is 0 Å². The van der Waals surface area contributed by atoms with Crippen LogP contribution in [0.3, 0.4) is 0 Å². The SMILES string of the molecule is OC(Cc1cc(Cl)ccc1Cl)c1ccc(Br)cc1Cl. The molecule has 0 radical (unpaired) electrons. The van der Waals surface area contributed by atoms with Gasteiger partial charge in [0.05, 0.1) is 6.10 Å². The quantitative estimate of drug-likeness (QED) is 0.726. The largest absolute Gasteiger partial charge is 0.388 e. The number of rotatable bonds is 3. The van der Waals surface area contributed by atoms with Crippen LogP contribution in [0.5, 0.6) is 0 Å². The molecule has 1 nitrogen and oxygen atoms in total. The average Bonchev–Trinajstić information content (AvgIpc) is 2.33. The van der Waals surface area contributed by atoms with Crippen molar-refractivity contribution in [2.45, 2.75) is 12.5 Å². The summed E-state index contributed by atoms with van der Waals surface area (Å²) >= 11 is 21.4. The van der Waals surface area contributed by atoms with E-state index in [1.54, 1.807) is 30.3 Å². The molecule has 0 amide bonds.